The number of anilines is 1. The van der Waals surface area contributed by atoms with E-state index in [0.717, 1.165) is 36.9 Å². The topological polar surface area (TPSA) is 95.0 Å². The average molecular weight is 489 g/mol. The number of sulfonamides is 1. The van der Waals surface area contributed by atoms with Crippen LogP contribution in [-0.2, 0) is 32.3 Å². The van der Waals surface area contributed by atoms with Gasteiger partial charge in [0.1, 0.15) is 11.3 Å². The molecule has 2 aliphatic heterocycles. The summed E-state index contributed by atoms with van der Waals surface area (Å²) in [6.45, 7) is 5.73. The third-order valence-electron chi connectivity index (χ3n) is 6.58. The zero-order valence-electron chi connectivity index (χ0n) is 20.0. The van der Waals surface area contributed by atoms with E-state index in [4.69, 9.17) is 14.2 Å². The smallest absolute Gasteiger partial charge is 0.341 e. The first-order chi connectivity index (χ1) is 16.3. The Balaban J connectivity index is 1.67. The number of nitrogens with zero attached hydrogens (tertiary/aromatic N) is 2. The molecule has 0 radical (unpaired) electrons. The average Bonchev–Trinajstić information content (AvgIpc) is 2.86. The van der Waals surface area contributed by atoms with E-state index in [1.807, 2.05) is 19.9 Å². The molecule has 2 aliphatic rings. The van der Waals surface area contributed by atoms with Crippen molar-refractivity contribution in [2.75, 3.05) is 31.2 Å². The van der Waals surface area contributed by atoms with Crippen LogP contribution in [-0.4, -0.2) is 52.3 Å². The van der Waals surface area contributed by atoms with Gasteiger partial charge in [0.2, 0.25) is 0 Å². The second kappa shape index (κ2) is 10.3. The quantitative estimate of drug-likeness (QED) is 0.548. The highest BCUT2D eigenvalue weighted by Crippen LogP contribution is 2.36. The molecule has 1 fully saturated rings. The predicted molar refractivity (Wildman–Crippen MR) is 128 cm³/mol. The Labute approximate surface area is 201 Å². The lowest BCUT2D eigenvalue weighted by Gasteiger charge is -2.36. The first kappa shape index (κ1) is 24.5. The van der Waals surface area contributed by atoms with Gasteiger partial charge in [-0.05, 0) is 74.8 Å². The van der Waals surface area contributed by atoms with Crippen LogP contribution in [0.1, 0.15) is 54.7 Å². The zero-order valence-corrected chi connectivity index (χ0v) is 20.8. The van der Waals surface area contributed by atoms with E-state index in [-0.39, 0.29) is 16.5 Å². The van der Waals surface area contributed by atoms with Gasteiger partial charge in [-0.3, -0.25) is 9.29 Å². The molecule has 8 nitrogen and oxygen atoms in total. The number of pyridine rings is 1. The Hall–Kier alpha value is -2.65. The van der Waals surface area contributed by atoms with Gasteiger partial charge >= 0.3 is 5.97 Å². The van der Waals surface area contributed by atoms with Crippen LogP contribution in [0.4, 0.5) is 5.69 Å². The molecule has 0 N–H and O–H groups in total. The van der Waals surface area contributed by atoms with Crippen molar-refractivity contribution in [1.82, 2.24) is 4.98 Å². The van der Waals surface area contributed by atoms with Crippen LogP contribution < -0.4 is 9.04 Å². The molecule has 0 bridgehead atoms. The molecule has 0 saturated carbocycles. The maximum atomic E-state index is 13.8. The minimum atomic E-state index is -3.95. The number of fused-ring (bicyclic) bond motifs is 1. The SMILES string of the molecule is CCc1cc2c(cn1)N(S(=O)(=O)c1ccc(OCC3CCOCC3)c(C(=O)OC)c1)[C@@H](C)CC2. The Morgan fingerprint density at radius 3 is 2.68 bits per heavy atom. The summed E-state index contributed by atoms with van der Waals surface area (Å²) < 4.78 is 45.3. The molecule has 0 spiro atoms. The highest BCUT2D eigenvalue weighted by Gasteiger charge is 2.35. The van der Waals surface area contributed by atoms with Crippen LogP contribution in [0.25, 0.3) is 0 Å². The fourth-order valence-electron chi connectivity index (χ4n) is 4.52. The largest absolute Gasteiger partial charge is 0.492 e. The van der Waals surface area contributed by atoms with Crippen LogP contribution in [0.3, 0.4) is 0 Å². The van der Waals surface area contributed by atoms with Gasteiger partial charge in [0.05, 0.1) is 30.5 Å². The van der Waals surface area contributed by atoms with Crippen LogP contribution in [0.15, 0.2) is 35.4 Å². The number of methoxy groups -OCH3 is 1. The van der Waals surface area contributed by atoms with Gasteiger partial charge in [0.25, 0.3) is 10.0 Å². The summed E-state index contributed by atoms with van der Waals surface area (Å²) in [4.78, 5) is 17.0. The molecule has 0 amide bonds. The highest BCUT2D eigenvalue weighted by molar-refractivity contribution is 7.92. The molecule has 184 valence electrons. The van der Waals surface area contributed by atoms with E-state index in [9.17, 15) is 13.2 Å². The van der Waals surface area contributed by atoms with Crippen LogP contribution >= 0.6 is 0 Å². The summed E-state index contributed by atoms with van der Waals surface area (Å²) in [5.41, 5.74) is 2.60. The number of ether oxygens (including phenoxy) is 3. The lowest BCUT2D eigenvalue weighted by Crippen LogP contribution is -2.42. The van der Waals surface area contributed by atoms with E-state index < -0.39 is 16.0 Å². The number of esters is 1. The third-order valence-corrected chi connectivity index (χ3v) is 8.51. The second-order valence-corrected chi connectivity index (χ2v) is 10.7. The van der Waals surface area contributed by atoms with Gasteiger partial charge < -0.3 is 14.2 Å². The number of aromatic nitrogens is 1. The summed E-state index contributed by atoms with van der Waals surface area (Å²) in [5, 5.41) is 0. The van der Waals surface area contributed by atoms with Crippen LogP contribution in [0.2, 0.25) is 0 Å². The van der Waals surface area contributed by atoms with Gasteiger partial charge in [-0.2, -0.15) is 0 Å². The molecule has 1 aromatic carbocycles. The summed E-state index contributed by atoms with van der Waals surface area (Å²) in [6.07, 6.45) is 5.71. The van der Waals surface area contributed by atoms with Gasteiger partial charge in [-0.15, -0.1) is 0 Å². The third kappa shape index (κ3) is 4.90. The molecule has 0 aliphatic carbocycles. The van der Waals surface area contributed by atoms with Crippen molar-refractivity contribution in [3.8, 4) is 5.75 Å². The van der Waals surface area contributed by atoms with Crippen molar-refractivity contribution < 1.29 is 27.4 Å². The zero-order chi connectivity index (χ0) is 24.3. The number of rotatable bonds is 7. The minimum Gasteiger partial charge on any atom is -0.492 e. The molecule has 4 rings (SSSR count). The van der Waals surface area contributed by atoms with E-state index in [0.29, 0.717) is 43.6 Å². The van der Waals surface area contributed by atoms with Gasteiger partial charge in [0.15, 0.2) is 0 Å². The van der Waals surface area contributed by atoms with E-state index in [1.165, 1.54) is 23.5 Å². The summed E-state index contributed by atoms with van der Waals surface area (Å²) in [5.74, 6) is 0.00730. The number of carbonyl (C=O) groups excluding carboxylic acids is 1. The molecular weight excluding hydrogens is 456 g/mol. The Bertz CT molecular complexity index is 1140. The number of aryl methyl sites for hydroxylation is 2. The highest BCUT2D eigenvalue weighted by atomic mass is 32.2. The first-order valence-electron chi connectivity index (χ1n) is 11.8. The van der Waals surface area contributed by atoms with E-state index >= 15 is 0 Å². The van der Waals surface area contributed by atoms with Crippen molar-refractivity contribution >= 4 is 21.7 Å². The van der Waals surface area contributed by atoms with E-state index in [2.05, 4.69) is 4.98 Å². The predicted octanol–water partition coefficient (Wildman–Crippen LogP) is 3.77. The number of benzene rings is 1. The summed E-state index contributed by atoms with van der Waals surface area (Å²) in [7, 11) is -2.68. The molecule has 1 saturated heterocycles. The second-order valence-electron chi connectivity index (χ2n) is 8.86. The van der Waals surface area contributed by atoms with Gasteiger partial charge in [-0.1, -0.05) is 6.92 Å². The minimum absolute atomic E-state index is 0.0191. The van der Waals surface area contributed by atoms with E-state index in [1.54, 1.807) is 12.3 Å². The monoisotopic (exact) mass is 488 g/mol. The molecular formula is C25H32N2O6S. The van der Waals surface area contributed by atoms with Crippen molar-refractivity contribution in [3.05, 3.63) is 47.3 Å². The van der Waals surface area contributed by atoms with Crippen molar-refractivity contribution in [1.29, 1.82) is 0 Å². The van der Waals surface area contributed by atoms with Gasteiger partial charge in [0, 0.05) is 24.9 Å². The van der Waals surface area contributed by atoms with Crippen molar-refractivity contribution in [2.24, 2.45) is 5.92 Å². The Morgan fingerprint density at radius 1 is 1.21 bits per heavy atom. The van der Waals surface area contributed by atoms with Crippen molar-refractivity contribution in [2.45, 2.75) is 56.9 Å². The number of hydrogen-bond acceptors (Lipinski definition) is 7. The normalized spacial score (nSPS) is 18.9. The standard InChI is InChI=1S/C25H32N2O6S/c1-4-20-13-19-6-5-17(2)27(23(19)15-26-20)34(29,30)21-7-8-24(22(14-21)25(28)31-3)33-16-18-9-11-32-12-10-18/h7-8,13-15,17-18H,4-6,9-12,16H2,1-3H3/t17-/m0/s1. The van der Waals surface area contributed by atoms with Crippen molar-refractivity contribution in [3.63, 3.8) is 0 Å². The summed E-state index contributed by atoms with van der Waals surface area (Å²) in [6, 6.07) is 6.15. The Kier molecular flexibility index (Phi) is 7.42. The molecule has 34 heavy (non-hydrogen) atoms. The molecule has 0 unspecified atom stereocenters. The molecule has 1 aromatic heterocycles. The van der Waals surface area contributed by atoms with Gasteiger partial charge in [-0.25, -0.2) is 13.2 Å². The fraction of sp³-hybridized carbons (Fsp3) is 0.520. The molecule has 2 aromatic rings. The van der Waals surface area contributed by atoms with Crippen LogP contribution in [0, 0.1) is 5.92 Å². The maximum Gasteiger partial charge on any atom is 0.341 e. The fourth-order valence-corrected chi connectivity index (χ4v) is 6.25. The molecule has 3 heterocycles. The first-order valence-corrected chi connectivity index (χ1v) is 13.2. The summed E-state index contributed by atoms with van der Waals surface area (Å²) >= 11 is 0. The Morgan fingerprint density at radius 2 is 1.97 bits per heavy atom. The number of carbonyl (C=O) groups is 1. The lowest BCUT2D eigenvalue weighted by molar-refractivity contribution is 0.0483. The molecule has 9 heteroatoms. The number of hydrogen-bond donors (Lipinski definition) is 0. The lowest BCUT2D eigenvalue weighted by atomic mass is 9.99. The molecule has 1 atom stereocenters. The van der Waals surface area contributed by atoms with Crippen LogP contribution in [0.5, 0.6) is 5.75 Å². The maximum absolute atomic E-state index is 13.8.